The van der Waals surface area contributed by atoms with Gasteiger partial charge in [-0.2, -0.15) is 16.8 Å². The van der Waals surface area contributed by atoms with Crippen LogP contribution < -0.4 is 8.37 Å². The van der Waals surface area contributed by atoms with E-state index in [1.165, 1.54) is 42.5 Å². The average molecular weight is 467 g/mol. The quantitative estimate of drug-likeness (QED) is 0.361. The summed E-state index contributed by atoms with van der Waals surface area (Å²) in [5, 5.41) is 0. The summed E-state index contributed by atoms with van der Waals surface area (Å²) >= 11 is 0. The average Bonchev–Trinajstić information content (AvgIpc) is 2.80. The van der Waals surface area contributed by atoms with Crippen molar-refractivity contribution in [1.29, 1.82) is 0 Å². The maximum atomic E-state index is 13.4. The third-order valence-corrected chi connectivity index (χ3v) is 7.25. The lowest BCUT2D eigenvalue weighted by molar-refractivity contribution is 0.471. The summed E-state index contributed by atoms with van der Waals surface area (Å²) in [5.74, 6) is 0.118. The van der Waals surface area contributed by atoms with E-state index in [-0.39, 0.29) is 17.1 Å². The van der Waals surface area contributed by atoms with Gasteiger partial charge in [0.2, 0.25) is 0 Å². The van der Waals surface area contributed by atoms with Crippen LogP contribution in [-0.2, 0) is 20.2 Å². The zero-order valence-electron chi connectivity index (χ0n) is 16.7. The molecule has 4 rings (SSSR count). The van der Waals surface area contributed by atoms with Crippen molar-refractivity contribution in [3.8, 4) is 22.6 Å². The van der Waals surface area contributed by atoms with E-state index in [0.717, 1.165) is 0 Å². The second-order valence-electron chi connectivity index (χ2n) is 6.70. The Bertz CT molecular complexity index is 1420. The molecule has 0 amide bonds. The fourth-order valence-corrected chi connectivity index (χ4v) is 5.97. The number of hydrogen-bond donors (Lipinski definition) is 0. The van der Waals surface area contributed by atoms with Crippen LogP contribution in [0.5, 0.6) is 11.5 Å². The van der Waals surface area contributed by atoms with Crippen molar-refractivity contribution in [2.24, 2.45) is 0 Å². The summed E-state index contributed by atoms with van der Waals surface area (Å²) in [6.45, 7) is 0. The van der Waals surface area contributed by atoms with Gasteiger partial charge < -0.3 is 8.37 Å². The molecule has 4 aromatic rings. The minimum absolute atomic E-state index is 0.0580. The summed E-state index contributed by atoms with van der Waals surface area (Å²) in [5.41, 5.74) is 0.693. The molecule has 0 aliphatic heterocycles. The fourth-order valence-electron chi connectivity index (χ4n) is 3.11. The van der Waals surface area contributed by atoms with Gasteiger partial charge in [-0.25, -0.2) is 0 Å². The number of para-hydroxylation sites is 2. The maximum absolute atomic E-state index is 13.4. The van der Waals surface area contributed by atoms with Crippen LogP contribution in [-0.4, -0.2) is 16.8 Å². The molecule has 162 valence electrons. The summed E-state index contributed by atoms with van der Waals surface area (Å²) < 4.78 is 63.6. The lowest BCUT2D eigenvalue weighted by Gasteiger charge is -2.16. The monoisotopic (exact) mass is 466 g/mol. The molecule has 0 fully saturated rings. The Kier molecular flexibility index (Phi) is 5.98. The van der Waals surface area contributed by atoms with E-state index in [1.54, 1.807) is 66.7 Å². The van der Waals surface area contributed by atoms with Crippen LogP contribution in [0.1, 0.15) is 0 Å². The highest BCUT2D eigenvalue weighted by Gasteiger charge is 2.33. The van der Waals surface area contributed by atoms with Gasteiger partial charge >= 0.3 is 20.2 Å². The molecule has 4 aromatic carbocycles. The molecule has 0 spiro atoms. The van der Waals surface area contributed by atoms with Crippen molar-refractivity contribution in [3.05, 3.63) is 109 Å². The van der Waals surface area contributed by atoms with Gasteiger partial charge in [0.1, 0.15) is 21.3 Å². The normalized spacial score (nSPS) is 11.6. The highest BCUT2D eigenvalue weighted by Crippen LogP contribution is 2.35. The van der Waals surface area contributed by atoms with Gasteiger partial charge in [0.15, 0.2) is 0 Å². The summed E-state index contributed by atoms with van der Waals surface area (Å²) in [4.78, 5) is -1.01. The van der Waals surface area contributed by atoms with Crippen molar-refractivity contribution in [2.75, 3.05) is 0 Å². The van der Waals surface area contributed by atoms with Gasteiger partial charge in [-0.15, -0.1) is 0 Å². The van der Waals surface area contributed by atoms with Gasteiger partial charge in [-0.05, 0) is 35.9 Å². The molecule has 0 unspecified atom stereocenters. The van der Waals surface area contributed by atoms with Crippen molar-refractivity contribution in [3.63, 3.8) is 0 Å². The molecule has 0 aromatic heterocycles. The van der Waals surface area contributed by atoms with Crippen LogP contribution >= 0.6 is 0 Å². The maximum Gasteiger partial charge on any atom is 0.341 e. The lowest BCUT2D eigenvalue weighted by atomic mass is 10.1. The Balaban J connectivity index is 1.91. The van der Waals surface area contributed by atoms with E-state index in [2.05, 4.69) is 0 Å². The van der Waals surface area contributed by atoms with Gasteiger partial charge in [-0.1, -0.05) is 78.9 Å². The van der Waals surface area contributed by atoms with Crippen LogP contribution in [0.4, 0.5) is 0 Å². The second-order valence-corrected chi connectivity index (χ2v) is 9.70. The Morgan fingerprint density at radius 2 is 0.938 bits per heavy atom. The largest absolute Gasteiger partial charge is 0.379 e. The lowest BCUT2D eigenvalue weighted by Crippen LogP contribution is -2.19. The minimum Gasteiger partial charge on any atom is -0.379 e. The summed E-state index contributed by atoms with van der Waals surface area (Å²) in [7, 11) is -9.07. The van der Waals surface area contributed by atoms with E-state index in [9.17, 15) is 16.8 Å². The van der Waals surface area contributed by atoms with Crippen LogP contribution in [0.15, 0.2) is 119 Å². The van der Waals surface area contributed by atoms with Crippen LogP contribution in [0.25, 0.3) is 11.1 Å². The standard InChI is InChI=1S/C24H18O6S2/c25-31(26,29-20-13-6-2-7-14-20)23-18-10-17-22(19-11-4-1-5-12-19)24(23)32(27,28)30-21-15-8-3-9-16-21/h1-18H. The molecular formula is C24H18O6S2. The number of rotatable bonds is 7. The zero-order chi connectivity index (χ0) is 22.6. The molecule has 0 bridgehead atoms. The second kappa shape index (κ2) is 8.86. The number of hydrogen-bond acceptors (Lipinski definition) is 6. The van der Waals surface area contributed by atoms with Gasteiger partial charge in [-0.3, -0.25) is 0 Å². The van der Waals surface area contributed by atoms with Crippen LogP contribution in [0, 0.1) is 0 Å². The van der Waals surface area contributed by atoms with E-state index in [0.29, 0.717) is 5.56 Å². The Labute approximate surface area is 186 Å². The molecular weight excluding hydrogens is 448 g/mol. The molecule has 32 heavy (non-hydrogen) atoms. The van der Waals surface area contributed by atoms with E-state index in [4.69, 9.17) is 8.37 Å². The highest BCUT2D eigenvalue weighted by atomic mass is 32.2. The molecule has 0 N–H and O–H groups in total. The smallest absolute Gasteiger partial charge is 0.341 e. The predicted octanol–water partition coefficient (Wildman–Crippen LogP) is 4.89. The molecule has 0 radical (unpaired) electrons. The first-order valence-corrected chi connectivity index (χ1v) is 12.4. The summed E-state index contributed by atoms with van der Waals surface area (Å²) in [6, 6.07) is 28.5. The van der Waals surface area contributed by atoms with E-state index < -0.39 is 30.0 Å². The Hall–Kier alpha value is -3.62. The third-order valence-electron chi connectivity index (χ3n) is 4.48. The van der Waals surface area contributed by atoms with Crippen LogP contribution in [0.2, 0.25) is 0 Å². The minimum atomic E-state index is -4.56. The Morgan fingerprint density at radius 3 is 1.47 bits per heavy atom. The third kappa shape index (κ3) is 4.66. The van der Waals surface area contributed by atoms with Gasteiger partial charge in [0.05, 0.1) is 0 Å². The van der Waals surface area contributed by atoms with E-state index >= 15 is 0 Å². The molecule has 0 aliphatic rings. The molecule has 0 saturated carbocycles. The van der Waals surface area contributed by atoms with Crippen molar-refractivity contribution in [2.45, 2.75) is 9.79 Å². The van der Waals surface area contributed by atoms with Crippen molar-refractivity contribution >= 4 is 20.2 Å². The predicted molar refractivity (Wildman–Crippen MR) is 120 cm³/mol. The highest BCUT2D eigenvalue weighted by molar-refractivity contribution is 7.90. The molecule has 6 nitrogen and oxygen atoms in total. The first-order chi connectivity index (χ1) is 15.4. The fraction of sp³-hybridized carbons (Fsp3) is 0. The molecule has 0 aliphatic carbocycles. The molecule has 0 saturated heterocycles. The van der Waals surface area contributed by atoms with Crippen molar-refractivity contribution in [1.82, 2.24) is 0 Å². The first-order valence-electron chi connectivity index (χ1n) is 9.54. The van der Waals surface area contributed by atoms with Crippen molar-refractivity contribution < 1.29 is 25.2 Å². The Morgan fingerprint density at radius 1 is 0.469 bits per heavy atom. The van der Waals surface area contributed by atoms with E-state index in [1.807, 2.05) is 0 Å². The number of benzene rings is 4. The first kappa shape index (κ1) is 21.6. The zero-order valence-corrected chi connectivity index (χ0v) is 18.3. The topological polar surface area (TPSA) is 86.7 Å². The molecule has 0 atom stereocenters. The van der Waals surface area contributed by atoms with Gasteiger partial charge in [0, 0.05) is 5.56 Å². The molecule has 0 heterocycles. The summed E-state index contributed by atoms with van der Waals surface area (Å²) in [6.07, 6.45) is 0. The SMILES string of the molecule is O=S(=O)(Oc1ccccc1)c1cccc(-c2ccccc2)c1S(=O)(=O)Oc1ccccc1. The molecule has 8 heteroatoms. The van der Waals surface area contributed by atoms with Crippen LogP contribution in [0.3, 0.4) is 0 Å². The van der Waals surface area contributed by atoms with Gasteiger partial charge in [0.25, 0.3) is 0 Å².